The summed E-state index contributed by atoms with van der Waals surface area (Å²) in [6, 6.07) is 7.64. The summed E-state index contributed by atoms with van der Waals surface area (Å²) < 4.78 is 1.82. The van der Waals surface area contributed by atoms with Gasteiger partial charge in [-0.3, -0.25) is 9.59 Å². The lowest BCUT2D eigenvalue weighted by Crippen LogP contribution is -2.18. The summed E-state index contributed by atoms with van der Waals surface area (Å²) in [5.41, 5.74) is 2.66. The van der Waals surface area contributed by atoms with E-state index in [4.69, 9.17) is 0 Å². The third-order valence-corrected chi connectivity index (χ3v) is 5.40. The van der Waals surface area contributed by atoms with Gasteiger partial charge >= 0.3 is 0 Å². The quantitative estimate of drug-likeness (QED) is 0.741. The summed E-state index contributed by atoms with van der Waals surface area (Å²) in [4.78, 5) is 30.0. The normalized spacial score (nSPS) is 13.2. The van der Waals surface area contributed by atoms with E-state index >= 15 is 0 Å². The third-order valence-electron chi connectivity index (χ3n) is 4.32. The van der Waals surface area contributed by atoms with Crippen LogP contribution in [0.5, 0.6) is 0 Å². The molecule has 0 radical (unpaired) electrons. The van der Waals surface area contributed by atoms with Crippen LogP contribution in [0, 0.1) is 0 Å². The second-order valence-electron chi connectivity index (χ2n) is 6.03. The molecule has 0 saturated heterocycles. The molecule has 4 rings (SSSR count). The molecule has 1 aromatic carbocycles. The average molecular weight is 339 g/mol. The van der Waals surface area contributed by atoms with Crippen LogP contribution in [-0.2, 0) is 24.2 Å². The summed E-state index contributed by atoms with van der Waals surface area (Å²) >= 11 is 1.57. The molecule has 122 valence electrons. The number of amides is 1. The monoisotopic (exact) mass is 339 g/mol. The number of Topliss-reactive ketones (excluding diaryl/α,β-unsaturated/α-hetero) is 1. The van der Waals surface area contributed by atoms with Gasteiger partial charge in [0.1, 0.15) is 6.54 Å². The highest BCUT2D eigenvalue weighted by Gasteiger charge is 2.18. The van der Waals surface area contributed by atoms with Crippen LogP contribution in [0.4, 0.5) is 5.13 Å². The average Bonchev–Trinajstić information content (AvgIpc) is 3.21. The van der Waals surface area contributed by atoms with Gasteiger partial charge in [-0.05, 0) is 32.3 Å². The summed E-state index contributed by atoms with van der Waals surface area (Å²) in [6.45, 7) is 1.71. The molecule has 1 N–H and O–H groups in total. The zero-order chi connectivity index (χ0) is 16.7. The molecule has 0 spiro atoms. The second-order valence-corrected chi connectivity index (χ2v) is 7.12. The Hall–Kier alpha value is -2.47. The van der Waals surface area contributed by atoms with Gasteiger partial charge in [0.25, 0.3) is 0 Å². The van der Waals surface area contributed by atoms with Crippen LogP contribution < -0.4 is 5.32 Å². The molecule has 6 heteroatoms. The number of benzene rings is 1. The van der Waals surface area contributed by atoms with Crippen molar-refractivity contribution >= 4 is 39.1 Å². The van der Waals surface area contributed by atoms with E-state index in [0.29, 0.717) is 10.7 Å². The fraction of sp³-hybridized carbons (Fsp3) is 0.278. The molecule has 1 aliphatic rings. The Labute approximate surface area is 143 Å². The number of aryl methyl sites for hydroxylation is 2. The maximum atomic E-state index is 12.4. The Morgan fingerprint density at radius 3 is 2.92 bits per heavy atom. The lowest BCUT2D eigenvalue weighted by Gasteiger charge is -2.05. The number of carbonyl (C=O) groups excluding carboxylic acids is 2. The van der Waals surface area contributed by atoms with Gasteiger partial charge in [-0.2, -0.15) is 0 Å². The highest BCUT2D eigenvalue weighted by molar-refractivity contribution is 7.15. The topological polar surface area (TPSA) is 64.0 Å². The first-order valence-corrected chi connectivity index (χ1v) is 8.80. The van der Waals surface area contributed by atoms with Gasteiger partial charge in [0.2, 0.25) is 5.91 Å². The van der Waals surface area contributed by atoms with E-state index in [1.165, 1.54) is 4.88 Å². The van der Waals surface area contributed by atoms with Crippen LogP contribution in [0.3, 0.4) is 0 Å². The van der Waals surface area contributed by atoms with Crippen LogP contribution in [0.15, 0.2) is 30.5 Å². The Balaban J connectivity index is 1.57. The summed E-state index contributed by atoms with van der Waals surface area (Å²) in [5, 5.41) is 4.44. The van der Waals surface area contributed by atoms with Crippen LogP contribution in [0.2, 0.25) is 0 Å². The molecule has 5 nitrogen and oxygen atoms in total. The lowest BCUT2D eigenvalue weighted by molar-refractivity contribution is -0.116. The van der Waals surface area contributed by atoms with Crippen molar-refractivity contribution < 1.29 is 9.59 Å². The van der Waals surface area contributed by atoms with Crippen molar-refractivity contribution in [3.63, 3.8) is 0 Å². The predicted octanol–water partition coefficient (Wildman–Crippen LogP) is 3.43. The molecule has 0 fully saturated rings. The molecular weight excluding hydrogens is 322 g/mol. The molecule has 0 bridgehead atoms. The van der Waals surface area contributed by atoms with Gasteiger partial charge in [0.15, 0.2) is 10.9 Å². The predicted molar refractivity (Wildman–Crippen MR) is 94.7 cm³/mol. The van der Waals surface area contributed by atoms with Crippen molar-refractivity contribution in [2.24, 2.45) is 0 Å². The van der Waals surface area contributed by atoms with Crippen molar-refractivity contribution in [3.05, 3.63) is 46.6 Å². The number of ketones is 1. The number of carbonyl (C=O) groups is 2. The third kappa shape index (κ3) is 2.63. The van der Waals surface area contributed by atoms with Gasteiger partial charge in [-0.15, -0.1) is 11.3 Å². The standard InChI is InChI=1S/C18H17N3O2S/c1-11(22)13-9-21(15-7-3-2-5-12(13)15)10-17(23)20-18-19-14-6-4-8-16(14)24-18/h2-3,5,7,9H,4,6,8,10H2,1H3,(H,19,20,23). The van der Waals surface area contributed by atoms with Crippen molar-refractivity contribution in [1.82, 2.24) is 9.55 Å². The summed E-state index contributed by atoms with van der Waals surface area (Å²) in [7, 11) is 0. The first-order chi connectivity index (χ1) is 11.6. The molecule has 0 saturated carbocycles. The van der Waals surface area contributed by atoms with E-state index in [0.717, 1.165) is 35.9 Å². The van der Waals surface area contributed by atoms with Crippen molar-refractivity contribution in [3.8, 4) is 0 Å². The minimum Gasteiger partial charge on any atom is -0.337 e. The molecular formula is C18H17N3O2S. The fourth-order valence-corrected chi connectivity index (χ4v) is 4.28. The molecule has 3 aromatic rings. The number of hydrogen-bond acceptors (Lipinski definition) is 4. The maximum Gasteiger partial charge on any atom is 0.246 e. The molecule has 2 heterocycles. The van der Waals surface area contributed by atoms with Gasteiger partial charge in [-0.25, -0.2) is 4.98 Å². The number of rotatable bonds is 4. The molecule has 2 aromatic heterocycles. The van der Waals surface area contributed by atoms with E-state index in [1.54, 1.807) is 24.5 Å². The number of fused-ring (bicyclic) bond motifs is 2. The first kappa shape index (κ1) is 15.1. The number of nitrogens with one attached hydrogen (secondary N) is 1. The van der Waals surface area contributed by atoms with Crippen LogP contribution >= 0.6 is 11.3 Å². The fourth-order valence-electron chi connectivity index (χ4n) is 3.22. The van der Waals surface area contributed by atoms with E-state index in [-0.39, 0.29) is 18.2 Å². The molecule has 0 unspecified atom stereocenters. The number of aromatic nitrogens is 2. The van der Waals surface area contributed by atoms with Gasteiger partial charge < -0.3 is 9.88 Å². The Morgan fingerprint density at radius 1 is 1.29 bits per heavy atom. The van der Waals surface area contributed by atoms with Crippen molar-refractivity contribution in [2.75, 3.05) is 5.32 Å². The van der Waals surface area contributed by atoms with Crippen LogP contribution in [0.25, 0.3) is 10.9 Å². The van der Waals surface area contributed by atoms with Crippen molar-refractivity contribution in [1.29, 1.82) is 0 Å². The number of anilines is 1. The molecule has 1 aliphatic carbocycles. The lowest BCUT2D eigenvalue weighted by atomic mass is 10.1. The number of para-hydroxylation sites is 1. The van der Waals surface area contributed by atoms with Crippen molar-refractivity contribution in [2.45, 2.75) is 32.7 Å². The Morgan fingerprint density at radius 2 is 2.12 bits per heavy atom. The minimum absolute atomic E-state index is 0.00158. The molecule has 0 aliphatic heterocycles. The van der Waals surface area contributed by atoms with E-state index in [2.05, 4.69) is 10.3 Å². The zero-order valence-electron chi connectivity index (χ0n) is 13.3. The second kappa shape index (κ2) is 5.87. The Kier molecular flexibility index (Phi) is 3.69. The first-order valence-electron chi connectivity index (χ1n) is 7.99. The Bertz CT molecular complexity index is 933. The van der Waals surface area contributed by atoms with Gasteiger partial charge in [-0.1, -0.05) is 18.2 Å². The van der Waals surface area contributed by atoms with Gasteiger partial charge in [0, 0.05) is 27.5 Å². The zero-order valence-corrected chi connectivity index (χ0v) is 14.2. The van der Waals surface area contributed by atoms with E-state index in [9.17, 15) is 9.59 Å². The molecule has 0 atom stereocenters. The minimum atomic E-state index is -0.127. The highest BCUT2D eigenvalue weighted by atomic mass is 32.1. The number of thiazole rings is 1. The van der Waals surface area contributed by atoms with E-state index in [1.807, 2.05) is 28.8 Å². The SMILES string of the molecule is CC(=O)c1cn(CC(=O)Nc2nc3c(s2)CCC3)c2ccccc12. The number of hydrogen-bond donors (Lipinski definition) is 1. The molecule has 24 heavy (non-hydrogen) atoms. The summed E-state index contributed by atoms with van der Waals surface area (Å²) in [6.07, 6.45) is 4.99. The van der Waals surface area contributed by atoms with Crippen LogP contribution in [0.1, 0.15) is 34.3 Å². The number of nitrogens with zero attached hydrogens (tertiary/aromatic N) is 2. The molecule has 1 amide bonds. The van der Waals surface area contributed by atoms with E-state index < -0.39 is 0 Å². The summed E-state index contributed by atoms with van der Waals surface area (Å²) in [5.74, 6) is -0.125. The smallest absolute Gasteiger partial charge is 0.246 e. The van der Waals surface area contributed by atoms with Crippen LogP contribution in [-0.4, -0.2) is 21.2 Å². The largest absolute Gasteiger partial charge is 0.337 e. The van der Waals surface area contributed by atoms with Gasteiger partial charge in [0.05, 0.1) is 5.69 Å². The maximum absolute atomic E-state index is 12.4. The highest BCUT2D eigenvalue weighted by Crippen LogP contribution is 2.30.